The van der Waals surface area contributed by atoms with Crippen LogP contribution in [0.5, 0.6) is 0 Å². The van der Waals surface area contributed by atoms with E-state index in [2.05, 4.69) is 28.8 Å². The summed E-state index contributed by atoms with van der Waals surface area (Å²) in [7, 11) is 0. The minimum absolute atomic E-state index is 0.00737. The Bertz CT molecular complexity index is 706. The van der Waals surface area contributed by atoms with Crippen LogP contribution < -0.4 is 10.6 Å². The number of carboxylic acid groups (broad SMARTS) is 1. The van der Waals surface area contributed by atoms with Crippen molar-refractivity contribution < 1.29 is 19.4 Å². The quantitative estimate of drug-likeness (QED) is 0.761. The fourth-order valence-corrected chi connectivity index (χ4v) is 5.11. The van der Waals surface area contributed by atoms with Crippen molar-refractivity contribution in [2.45, 2.75) is 57.0 Å². The fourth-order valence-electron chi connectivity index (χ4n) is 5.11. The van der Waals surface area contributed by atoms with E-state index in [0.29, 0.717) is 12.8 Å². The number of carbonyl (C=O) groups excluding carboxylic acids is 1. The molecule has 0 aromatic heterocycles. The van der Waals surface area contributed by atoms with Crippen LogP contribution in [0.4, 0.5) is 4.79 Å². The van der Waals surface area contributed by atoms with Crippen molar-refractivity contribution in [1.82, 2.24) is 10.6 Å². The monoisotopic (exact) mass is 372 g/mol. The van der Waals surface area contributed by atoms with Gasteiger partial charge in [-0.05, 0) is 56.1 Å². The molecule has 3 aliphatic rings. The third kappa shape index (κ3) is 3.68. The lowest BCUT2D eigenvalue weighted by molar-refractivity contribution is -0.142. The van der Waals surface area contributed by atoms with Crippen molar-refractivity contribution in [3.63, 3.8) is 0 Å². The van der Waals surface area contributed by atoms with Gasteiger partial charge in [0.05, 0.1) is 12.0 Å². The summed E-state index contributed by atoms with van der Waals surface area (Å²) in [6.45, 7) is 1.49. The largest absolute Gasteiger partial charge is 0.481 e. The van der Waals surface area contributed by atoms with Gasteiger partial charge in [-0.25, -0.2) is 4.79 Å². The molecule has 27 heavy (non-hydrogen) atoms. The highest BCUT2D eigenvalue weighted by Crippen LogP contribution is 2.51. The molecule has 0 bridgehead atoms. The molecule has 1 spiro atoms. The van der Waals surface area contributed by atoms with Crippen LogP contribution in [0.15, 0.2) is 24.3 Å². The van der Waals surface area contributed by atoms with E-state index in [1.807, 2.05) is 6.07 Å². The number of rotatable bonds is 3. The number of carboxylic acids is 1. The Hall–Kier alpha value is -2.08. The minimum Gasteiger partial charge on any atom is -0.481 e. The zero-order chi connectivity index (χ0) is 18.9. The maximum Gasteiger partial charge on any atom is 0.315 e. The van der Waals surface area contributed by atoms with Gasteiger partial charge < -0.3 is 20.5 Å². The molecular weight excluding hydrogens is 344 g/mol. The van der Waals surface area contributed by atoms with Crippen molar-refractivity contribution >= 4 is 12.0 Å². The van der Waals surface area contributed by atoms with Crippen molar-refractivity contribution in [3.05, 3.63) is 35.4 Å². The molecule has 1 saturated carbocycles. The van der Waals surface area contributed by atoms with Crippen LogP contribution in [0.25, 0.3) is 0 Å². The lowest BCUT2D eigenvalue weighted by Gasteiger charge is -2.39. The first-order valence-electron chi connectivity index (χ1n) is 10.0. The minimum atomic E-state index is -0.720. The number of amides is 2. The van der Waals surface area contributed by atoms with Gasteiger partial charge in [0.1, 0.15) is 0 Å². The third-order valence-corrected chi connectivity index (χ3v) is 6.70. The Labute approximate surface area is 159 Å². The first kappa shape index (κ1) is 18.3. The summed E-state index contributed by atoms with van der Waals surface area (Å²) < 4.78 is 5.58. The van der Waals surface area contributed by atoms with Crippen molar-refractivity contribution in [2.24, 2.45) is 11.3 Å². The normalized spacial score (nSPS) is 29.1. The van der Waals surface area contributed by atoms with Crippen LogP contribution in [0, 0.1) is 11.3 Å². The number of carbonyl (C=O) groups is 2. The van der Waals surface area contributed by atoms with Crippen LogP contribution in [0.2, 0.25) is 0 Å². The lowest BCUT2D eigenvalue weighted by atomic mass is 9.74. The third-order valence-electron chi connectivity index (χ3n) is 6.70. The maximum atomic E-state index is 12.7. The standard InChI is InChI=1S/C21H28N2O4/c24-19(25)14-5-7-16(8-6-14)22-20(26)23-18-17-4-2-1-3-15(17)13-21(18)9-11-27-12-10-21/h1-4,14,16,18H,5-13H2,(H,24,25)(H2,22,23,26). The SMILES string of the molecule is O=C(NC1CCC(C(=O)O)CC1)NC1c2ccccc2CC12CCOCC2. The van der Waals surface area contributed by atoms with E-state index in [1.54, 1.807) is 0 Å². The average Bonchev–Trinajstić information content (AvgIpc) is 2.95. The molecular formula is C21H28N2O4. The van der Waals surface area contributed by atoms with Gasteiger partial charge in [0.2, 0.25) is 0 Å². The first-order chi connectivity index (χ1) is 13.1. The number of fused-ring (bicyclic) bond motifs is 1. The summed E-state index contributed by atoms with van der Waals surface area (Å²) >= 11 is 0. The van der Waals surface area contributed by atoms with Gasteiger partial charge in [-0.3, -0.25) is 4.79 Å². The van der Waals surface area contributed by atoms with Gasteiger partial charge in [0, 0.05) is 24.7 Å². The molecule has 3 N–H and O–H groups in total. The van der Waals surface area contributed by atoms with E-state index in [0.717, 1.165) is 45.3 Å². The van der Waals surface area contributed by atoms with E-state index in [1.165, 1.54) is 11.1 Å². The molecule has 1 aromatic carbocycles. The summed E-state index contributed by atoms with van der Waals surface area (Å²) in [6, 6.07) is 8.32. The second-order valence-electron chi connectivity index (χ2n) is 8.29. The number of aliphatic carboxylic acids is 1. The van der Waals surface area contributed by atoms with Crippen LogP contribution in [-0.4, -0.2) is 36.4 Å². The van der Waals surface area contributed by atoms with Gasteiger partial charge in [0.25, 0.3) is 0 Å². The molecule has 4 rings (SSSR count). The number of ether oxygens (including phenoxy) is 1. The summed E-state index contributed by atoms with van der Waals surface area (Å²) in [6.07, 6.45) is 5.62. The Balaban J connectivity index is 1.42. The molecule has 1 heterocycles. The number of hydrogen-bond donors (Lipinski definition) is 3. The summed E-state index contributed by atoms with van der Waals surface area (Å²) in [5.41, 5.74) is 2.59. The predicted octanol–water partition coefficient (Wildman–Crippen LogP) is 3.02. The van der Waals surface area contributed by atoms with Crippen molar-refractivity contribution in [3.8, 4) is 0 Å². The van der Waals surface area contributed by atoms with E-state index in [-0.39, 0.29) is 29.4 Å². The molecule has 1 unspecified atom stereocenters. The second-order valence-corrected chi connectivity index (χ2v) is 8.29. The molecule has 0 radical (unpaired) electrons. The summed E-state index contributed by atoms with van der Waals surface area (Å²) in [5.74, 6) is -0.986. The highest BCUT2D eigenvalue weighted by atomic mass is 16.5. The lowest BCUT2D eigenvalue weighted by Crippen LogP contribution is -2.49. The zero-order valence-corrected chi connectivity index (χ0v) is 15.6. The molecule has 6 nitrogen and oxygen atoms in total. The maximum absolute atomic E-state index is 12.7. The Morgan fingerprint density at radius 2 is 1.74 bits per heavy atom. The molecule has 1 atom stereocenters. The summed E-state index contributed by atoms with van der Waals surface area (Å²) in [5, 5.41) is 15.5. The first-order valence-corrected chi connectivity index (χ1v) is 10.0. The van der Waals surface area contributed by atoms with Crippen LogP contribution in [-0.2, 0) is 16.0 Å². The van der Waals surface area contributed by atoms with Gasteiger partial charge in [0.15, 0.2) is 0 Å². The van der Waals surface area contributed by atoms with E-state index < -0.39 is 5.97 Å². The molecule has 6 heteroatoms. The molecule has 146 valence electrons. The highest BCUT2D eigenvalue weighted by molar-refractivity contribution is 5.75. The smallest absolute Gasteiger partial charge is 0.315 e. The van der Waals surface area contributed by atoms with Crippen LogP contribution in [0.1, 0.15) is 55.7 Å². The second kappa shape index (κ2) is 7.50. The molecule has 1 aromatic rings. The Kier molecular flexibility index (Phi) is 5.08. The fraction of sp³-hybridized carbons (Fsp3) is 0.619. The van der Waals surface area contributed by atoms with E-state index in [4.69, 9.17) is 9.84 Å². The summed E-state index contributed by atoms with van der Waals surface area (Å²) in [4.78, 5) is 23.8. The number of benzene rings is 1. The highest BCUT2D eigenvalue weighted by Gasteiger charge is 2.47. The number of hydrogen-bond acceptors (Lipinski definition) is 3. The van der Waals surface area contributed by atoms with Crippen LogP contribution >= 0.6 is 0 Å². The topological polar surface area (TPSA) is 87.7 Å². The van der Waals surface area contributed by atoms with Gasteiger partial charge in [-0.1, -0.05) is 24.3 Å². The molecule has 1 saturated heterocycles. The molecule has 2 fully saturated rings. The zero-order valence-electron chi connectivity index (χ0n) is 15.6. The van der Waals surface area contributed by atoms with Crippen molar-refractivity contribution in [1.29, 1.82) is 0 Å². The molecule has 1 aliphatic heterocycles. The van der Waals surface area contributed by atoms with E-state index in [9.17, 15) is 9.59 Å². The average molecular weight is 372 g/mol. The van der Waals surface area contributed by atoms with Crippen molar-refractivity contribution in [2.75, 3.05) is 13.2 Å². The Morgan fingerprint density at radius 1 is 1.04 bits per heavy atom. The number of nitrogens with one attached hydrogen (secondary N) is 2. The molecule has 2 aliphatic carbocycles. The van der Waals surface area contributed by atoms with Gasteiger partial charge in [-0.2, -0.15) is 0 Å². The van der Waals surface area contributed by atoms with Gasteiger partial charge in [-0.15, -0.1) is 0 Å². The van der Waals surface area contributed by atoms with E-state index >= 15 is 0 Å². The van der Waals surface area contributed by atoms with Gasteiger partial charge >= 0.3 is 12.0 Å². The molecule has 2 amide bonds. The predicted molar refractivity (Wildman–Crippen MR) is 100 cm³/mol. The number of urea groups is 1. The Morgan fingerprint density at radius 3 is 2.44 bits per heavy atom. The van der Waals surface area contributed by atoms with Crippen LogP contribution in [0.3, 0.4) is 0 Å².